The number of rotatable bonds is 9. The molecule has 226 valence electrons. The molecule has 0 atom stereocenters. The quantitative estimate of drug-likeness (QED) is 0.122. The molecule has 44 heavy (non-hydrogen) atoms. The Morgan fingerprint density at radius 3 is 2.25 bits per heavy atom. The van der Waals surface area contributed by atoms with E-state index in [9.17, 15) is 27.6 Å². The lowest BCUT2D eigenvalue weighted by molar-refractivity contribution is -0.137. The van der Waals surface area contributed by atoms with Gasteiger partial charge in [-0.2, -0.15) is 13.2 Å². The Labute approximate surface area is 269 Å². The summed E-state index contributed by atoms with van der Waals surface area (Å²) >= 11 is 19.3. The first-order valence-electron chi connectivity index (χ1n) is 12.6. The number of nitrogens with one attached hydrogen (secondary N) is 3. The highest BCUT2D eigenvalue weighted by Crippen LogP contribution is 2.34. The number of alkyl halides is 3. The maximum Gasteiger partial charge on any atom is 0.416 e. The van der Waals surface area contributed by atoms with Gasteiger partial charge in [0, 0.05) is 26.2 Å². The zero-order valence-electron chi connectivity index (χ0n) is 22.3. The van der Waals surface area contributed by atoms with E-state index in [2.05, 4.69) is 16.0 Å². The van der Waals surface area contributed by atoms with Crippen molar-refractivity contribution in [3.63, 3.8) is 0 Å². The minimum absolute atomic E-state index is 0.0378. The lowest BCUT2D eigenvalue weighted by Crippen LogP contribution is -2.30. The zero-order valence-corrected chi connectivity index (χ0v) is 25.4. The maximum atomic E-state index is 13.3. The third kappa shape index (κ3) is 9.27. The first kappa shape index (κ1) is 32.9. The third-order valence-electron chi connectivity index (χ3n) is 5.82. The van der Waals surface area contributed by atoms with Crippen molar-refractivity contribution in [3.05, 3.63) is 128 Å². The molecule has 4 aromatic rings. The Hall–Kier alpha value is -3.96. The van der Waals surface area contributed by atoms with Gasteiger partial charge in [-0.15, -0.1) is 11.8 Å². The van der Waals surface area contributed by atoms with E-state index in [0.717, 1.165) is 30.0 Å². The minimum atomic E-state index is -4.59. The summed E-state index contributed by atoms with van der Waals surface area (Å²) < 4.78 is 39.1. The Bertz CT molecular complexity index is 1730. The van der Waals surface area contributed by atoms with Gasteiger partial charge in [-0.25, -0.2) is 0 Å². The van der Waals surface area contributed by atoms with E-state index in [1.807, 2.05) is 0 Å². The first-order chi connectivity index (χ1) is 20.9. The molecule has 0 saturated heterocycles. The second kappa shape index (κ2) is 14.7. The molecular weight excluding hydrogens is 658 g/mol. The van der Waals surface area contributed by atoms with Gasteiger partial charge in [-0.3, -0.25) is 14.4 Å². The third-order valence-corrected chi connectivity index (χ3v) is 7.71. The molecule has 0 radical (unpaired) electrons. The van der Waals surface area contributed by atoms with Gasteiger partial charge in [-0.05, 0) is 72.3 Å². The molecule has 3 N–H and O–H groups in total. The van der Waals surface area contributed by atoms with Crippen LogP contribution in [0.1, 0.15) is 21.5 Å². The highest BCUT2D eigenvalue weighted by Gasteiger charge is 2.31. The Balaban J connectivity index is 1.47. The van der Waals surface area contributed by atoms with Gasteiger partial charge in [0.15, 0.2) is 0 Å². The summed E-state index contributed by atoms with van der Waals surface area (Å²) in [5.74, 6) is -1.91. The fourth-order valence-corrected chi connectivity index (χ4v) is 5.09. The fourth-order valence-electron chi connectivity index (χ4n) is 3.71. The average Bonchev–Trinajstić information content (AvgIpc) is 2.98. The van der Waals surface area contributed by atoms with E-state index >= 15 is 0 Å². The van der Waals surface area contributed by atoms with E-state index in [4.69, 9.17) is 34.8 Å². The summed E-state index contributed by atoms with van der Waals surface area (Å²) in [6.45, 7) is 0. The van der Waals surface area contributed by atoms with Crippen LogP contribution in [-0.4, -0.2) is 23.5 Å². The predicted molar refractivity (Wildman–Crippen MR) is 169 cm³/mol. The monoisotopic (exact) mass is 677 g/mol. The van der Waals surface area contributed by atoms with Crippen molar-refractivity contribution in [1.82, 2.24) is 5.32 Å². The minimum Gasteiger partial charge on any atom is -0.324 e. The van der Waals surface area contributed by atoms with Crippen LogP contribution in [0.3, 0.4) is 0 Å². The van der Waals surface area contributed by atoms with Crippen molar-refractivity contribution in [2.75, 3.05) is 16.4 Å². The van der Waals surface area contributed by atoms with E-state index < -0.39 is 29.5 Å². The van der Waals surface area contributed by atoms with Crippen molar-refractivity contribution in [3.8, 4) is 0 Å². The normalized spacial score (nSPS) is 11.5. The molecule has 4 aromatic carbocycles. The van der Waals surface area contributed by atoms with Crippen molar-refractivity contribution in [2.45, 2.75) is 11.1 Å². The van der Waals surface area contributed by atoms with Gasteiger partial charge in [0.1, 0.15) is 5.70 Å². The number of benzene rings is 4. The van der Waals surface area contributed by atoms with Crippen LogP contribution < -0.4 is 16.0 Å². The van der Waals surface area contributed by atoms with Crippen LogP contribution in [0, 0.1) is 0 Å². The second-order valence-corrected chi connectivity index (χ2v) is 11.4. The molecule has 0 unspecified atom stereocenters. The van der Waals surface area contributed by atoms with Gasteiger partial charge in [0.05, 0.1) is 22.0 Å². The van der Waals surface area contributed by atoms with E-state index in [1.165, 1.54) is 12.1 Å². The second-order valence-electron chi connectivity index (χ2n) is 9.06. The topological polar surface area (TPSA) is 87.3 Å². The molecule has 0 aromatic heterocycles. The number of carbonyl (C=O) groups is 3. The summed E-state index contributed by atoms with van der Waals surface area (Å²) in [5, 5.41) is 8.35. The van der Waals surface area contributed by atoms with Crippen LogP contribution in [0.5, 0.6) is 0 Å². The molecule has 0 saturated carbocycles. The highest BCUT2D eigenvalue weighted by atomic mass is 35.5. The van der Waals surface area contributed by atoms with Crippen LogP contribution >= 0.6 is 46.6 Å². The van der Waals surface area contributed by atoms with Gasteiger partial charge >= 0.3 is 6.18 Å². The number of amides is 3. The van der Waals surface area contributed by atoms with Gasteiger partial charge in [0.25, 0.3) is 11.8 Å². The van der Waals surface area contributed by atoms with Crippen LogP contribution in [0.4, 0.5) is 24.5 Å². The Morgan fingerprint density at radius 2 is 1.55 bits per heavy atom. The van der Waals surface area contributed by atoms with E-state index in [-0.39, 0.29) is 27.2 Å². The first-order valence-corrected chi connectivity index (χ1v) is 14.7. The summed E-state index contributed by atoms with van der Waals surface area (Å²) in [6, 6.07) is 22.2. The lowest BCUT2D eigenvalue weighted by atomic mass is 10.1. The average molecular weight is 679 g/mol. The van der Waals surface area contributed by atoms with E-state index in [1.54, 1.807) is 66.7 Å². The van der Waals surface area contributed by atoms with Gasteiger partial charge in [0.2, 0.25) is 5.91 Å². The molecular formula is C31H21Cl3F3N3O3S. The van der Waals surface area contributed by atoms with Gasteiger partial charge in [-0.1, -0.05) is 65.1 Å². The van der Waals surface area contributed by atoms with Crippen LogP contribution in [0.2, 0.25) is 15.1 Å². The molecule has 3 amide bonds. The number of anilines is 2. The summed E-state index contributed by atoms with van der Waals surface area (Å²) in [5.41, 5.74) is -0.0880. The summed E-state index contributed by atoms with van der Waals surface area (Å²) in [6.07, 6.45) is -3.18. The standard InChI is InChI=1S/C31H21Cl3F3N3O3S/c32-21-11-9-19(25(34)15-21)13-27(40-29(42)18-5-2-1-3-6-18)30(43)38-22-7-4-8-23(16-22)44-17-28(41)39-26-14-20(31(35,36)37)10-12-24(26)33/h1-16H,17H2,(H,38,43)(H,39,41)(H,40,42)/b27-13+. The molecule has 0 aliphatic heterocycles. The smallest absolute Gasteiger partial charge is 0.324 e. The van der Waals surface area contributed by atoms with Crippen molar-refractivity contribution in [1.29, 1.82) is 0 Å². The van der Waals surface area contributed by atoms with Crippen molar-refractivity contribution < 1.29 is 27.6 Å². The van der Waals surface area contributed by atoms with Crippen molar-refractivity contribution >= 4 is 81.7 Å². The number of hydrogen-bond acceptors (Lipinski definition) is 4. The Morgan fingerprint density at radius 1 is 0.795 bits per heavy atom. The highest BCUT2D eigenvalue weighted by molar-refractivity contribution is 8.00. The molecule has 0 spiro atoms. The molecule has 0 aliphatic rings. The largest absolute Gasteiger partial charge is 0.416 e. The number of halogens is 6. The molecule has 13 heteroatoms. The molecule has 0 bridgehead atoms. The van der Waals surface area contributed by atoms with Crippen LogP contribution in [0.15, 0.2) is 102 Å². The lowest BCUT2D eigenvalue weighted by Gasteiger charge is -2.13. The molecule has 0 heterocycles. The summed E-state index contributed by atoms with van der Waals surface area (Å²) in [4.78, 5) is 39.3. The van der Waals surface area contributed by atoms with Crippen molar-refractivity contribution in [2.24, 2.45) is 0 Å². The molecule has 6 nitrogen and oxygen atoms in total. The maximum absolute atomic E-state index is 13.3. The van der Waals surface area contributed by atoms with Gasteiger partial charge < -0.3 is 16.0 Å². The number of thioether (sulfide) groups is 1. The predicted octanol–water partition coefficient (Wildman–Crippen LogP) is 8.81. The van der Waals surface area contributed by atoms with E-state index in [0.29, 0.717) is 26.7 Å². The Kier molecular flexibility index (Phi) is 11.0. The van der Waals surface area contributed by atoms with Crippen LogP contribution in [0.25, 0.3) is 6.08 Å². The molecule has 0 aliphatic carbocycles. The molecule has 0 fully saturated rings. The summed E-state index contributed by atoms with van der Waals surface area (Å²) in [7, 11) is 0. The number of hydrogen-bond donors (Lipinski definition) is 3. The SMILES string of the molecule is O=C(CSc1cccc(NC(=O)/C(=C\c2ccc(Cl)cc2Cl)NC(=O)c2ccccc2)c1)Nc1cc(C(F)(F)F)ccc1Cl. The number of carbonyl (C=O) groups excluding carboxylic acids is 3. The fraction of sp³-hybridized carbons (Fsp3) is 0.0645. The van der Waals surface area contributed by atoms with Crippen LogP contribution in [-0.2, 0) is 15.8 Å². The zero-order chi connectivity index (χ0) is 31.9. The molecule has 4 rings (SSSR count).